The van der Waals surface area contributed by atoms with Crippen LogP contribution in [0.1, 0.15) is 25.7 Å². The van der Waals surface area contributed by atoms with E-state index in [9.17, 15) is 9.90 Å². The molecule has 7 heteroatoms. The lowest BCUT2D eigenvalue weighted by molar-refractivity contribution is 0.0965. The summed E-state index contributed by atoms with van der Waals surface area (Å²) >= 11 is 5.75. The molecule has 2 fully saturated rings. The van der Waals surface area contributed by atoms with E-state index in [2.05, 4.69) is 15.1 Å². The van der Waals surface area contributed by atoms with E-state index in [0.717, 1.165) is 31.5 Å². The Balaban J connectivity index is 1.74. The number of carboxylic acid groups (broad SMARTS) is 1. The number of hydrogen-bond donors (Lipinski definition) is 1. The maximum Gasteiger partial charge on any atom is 0.407 e. The van der Waals surface area contributed by atoms with Crippen molar-refractivity contribution in [2.45, 2.75) is 43.8 Å². The van der Waals surface area contributed by atoms with Crippen molar-refractivity contribution >= 4 is 23.5 Å². The fraction of sp³-hybridized carbons (Fsp3) is 0.615. The van der Waals surface area contributed by atoms with E-state index in [-0.39, 0.29) is 12.1 Å². The summed E-state index contributed by atoms with van der Waals surface area (Å²) in [5.74, 6) is 0.780. The Morgan fingerprint density at radius 3 is 2.50 bits per heavy atom. The van der Waals surface area contributed by atoms with Crippen LogP contribution >= 0.6 is 11.6 Å². The zero-order valence-corrected chi connectivity index (χ0v) is 12.0. The zero-order valence-electron chi connectivity index (χ0n) is 11.2. The molecule has 1 aromatic heterocycles. The minimum Gasteiger partial charge on any atom is -0.465 e. The lowest BCUT2D eigenvalue weighted by Crippen LogP contribution is -2.51. The number of anilines is 1. The lowest BCUT2D eigenvalue weighted by Gasteiger charge is -2.41. The number of aromatic nitrogens is 2. The van der Waals surface area contributed by atoms with Gasteiger partial charge in [-0.05, 0) is 37.8 Å². The highest BCUT2D eigenvalue weighted by Crippen LogP contribution is 2.38. The molecule has 2 atom stereocenters. The van der Waals surface area contributed by atoms with E-state index >= 15 is 0 Å². The van der Waals surface area contributed by atoms with Gasteiger partial charge in [0.2, 0.25) is 0 Å². The van der Waals surface area contributed by atoms with Crippen molar-refractivity contribution in [3.63, 3.8) is 0 Å². The Bertz CT molecular complexity index is 496. The van der Waals surface area contributed by atoms with Crippen molar-refractivity contribution in [1.29, 1.82) is 0 Å². The molecule has 2 saturated heterocycles. The monoisotopic (exact) mass is 296 g/mol. The summed E-state index contributed by atoms with van der Waals surface area (Å²) in [5.41, 5.74) is 0. The smallest absolute Gasteiger partial charge is 0.407 e. The number of rotatable bonds is 2. The maximum atomic E-state index is 11.3. The molecule has 0 saturated carbocycles. The third-order valence-electron chi connectivity index (χ3n) is 4.46. The fourth-order valence-corrected chi connectivity index (χ4v) is 3.56. The molecule has 2 bridgehead atoms. The first kappa shape index (κ1) is 13.4. The van der Waals surface area contributed by atoms with Gasteiger partial charge in [0.25, 0.3) is 0 Å². The van der Waals surface area contributed by atoms with E-state index in [1.807, 2.05) is 13.1 Å². The second-order valence-electron chi connectivity index (χ2n) is 5.53. The van der Waals surface area contributed by atoms with E-state index in [4.69, 9.17) is 11.6 Å². The van der Waals surface area contributed by atoms with Crippen LogP contribution in [0.25, 0.3) is 0 Å². The molecule has 2 aliphatic heterocycles. The van der Waals surface area contributed by atoms with Gasteiger partial charge in [0, 0.05) is 25.2 Å². The number of halogens is 1. The molecule has 6 nitrogen and oxygen atoms in total. The highest BCUT2D eigenvalue weighted by Gasteiger charge is 2.44. The molecule has 108 valence electrons. The summed E-state index contributed by atoms with van der Waals surface area (Å²) in [6.07, 6.45) is 2.85. The molecular weight excluding hydrogens is 280 g/mol. The van der Waals surface area contributed by atoms with Gasteiger partial charge in [-0.15, -0.1) is 10.2 Å². The Labute approximate surface area is 122 Å². The SMILES string of the molecule is CN(c1ccc(Cl)nn1)C1CC2CCC(C1)N2C(=O)O. The van der Waals surface area contributed by atoms with Crippen LogP contribution in [0.5, 0.6) is 0 Å². The van der Waals surface area contributed by atoms with Crippen molar-refractivity contribution in [3.8, 4) is 0 Å². The van der Waals surface area contributed by atoms with Crippen LogP contribution < -0.4 is 4.90 Å². The molecule has 0 radical (unpaired) electrons. The lowest BCUT2D eigenvalue weighted by atomic mass is 9.96. The zero-order chi connectivity index (χ0) is 14.3. The minimum absolute atomic E-state index is 0.138. The van der Waals surface area contributed by atoms with Crippen LogP contribution in [0.2, 0.25) is 5.15 Å². The minimum atomic E-state index is -0.787. The molecular formula is C13H17ClN4O2. The highest BCUT2D eigenvalue weighted by atomic mass is 35.5. The summed E-state index contributed by atoms with van der Waals surface area (Å²) in [6.45, 7) is 0. The second-order valence-corrected chi connectivity index (χ2v) is 5.91. The van der Waals surface area contributed by atoms with Gasteiger partial charge in [-0.1, -0.05) is 11.6 Å². The summed E-state index contributed by atoms with van der Waals surface area (Å²) in [7, 11) is 1.98. The molecule has 0 aromatic carbocycles. The topological polar surface area (TPSA) is 69.6 Å². The van der Waals surface area contributed by atoms with Crippen molar-refractivity contribution in [2.75, 3.05) is 11.9 Å². The Morgan fingerprint density at radius 2 is 2.00 bits per heavy atom. The second kappa shape index (κ2) is 5.09. The quantitative estimate of drug-likeness (QED) is 0.906. The molecule has 1 aromatic rings. The number of amides is 1. The van der Waals surface area contributed by atoms with Crippen LogP contribution in [0.4, 0.5) is 10.6 Å². The van der Waals surface area contributed by atoms with Gasteiger partial charge in [0.1, 0.15) is 0 Å². The van der Waals surface area contributed by atoms with Crippen molar-refractivity contribution in [1.82, 2.24) is 15.1 Å². The first-order valence-electron chi connectivity index (χ1n) is 6.79. The molecule has 20 heavy (non-hydrogen) atoms. The van der Waals surface area contributed by atoms with Crippen LogP contribution in [0, 0.1) is 0 Å². The van der Waals surface area contributed by atoms with Crippen LogP contribution in [0.15, 0.2) is 12.1 Å². The predicted molar refractivity (Wildman–Crippen MR) is 75.1 cm³/mol. The molecule has 2 aliphatic rings. The molecule has 1 N–H and O–H groups in total. The Kier molecular flexibility index (Phi) is 3.41. The van der Waals surface area contributed by atoms with Crippen LogP contribution in [-0.4, -0.2) is 51.5 Å². The number of hydrogen-bond acceptors (Lipinski definition) is 4. The van der Waals surface area contributed by atoms with Gasteiger partial charge in [0.05, 0.1) is 0 Å². The van der Waals surface area contributed by atoms with E-state index in [1.165, 1.54) is 0 Å². The fourth-order valence-electron chi connectivity index (χ4n) is 3.46. The molecule has 2 unspecified atom stereocenters. The van der Waals surface area contributed by atoms with Gasteiger partial charge in [-0.3, -0.25) is 0 Å². The standard InChI is InChI=1S/C13H17ClN4O2/c1-17(12-5-4-11(14)15-16-12)10-6-8-2-3-9(7-10)18(8)13(19)20/h4-5,8-10H,2-3,6-7H2,1H3,(H,19,20). The van der Waals surface area contributed by atoms with Crippen LogP contribution in [0.3, 0.4) is 0 Å². The number of nitrogens with zero attached hydrogens (tertiary/aromatic N) is 4. The molecule has 3 heterocycles. The summed E-state index contributed by atoms with van der Waals surface area (Å²) in [5, 5.41) is 17.6. The normalized spacial score (nSPS) is 28.5. The van der Waals surface area contributed by atoms with Gasteiger partial charge in [0.15, 0.2) is 11.0 Å². The summed E-state index contributed by atoms with van der Waals surface area (Å²) < 4.78 is 0. The summed E-state index contributed by atoms with van der Waals surface area (Å²) in [6, 6.07) is 4.15. The number of fused-ring (bicyclic) bond motifs is 2. The van der Waals surface area contributed by atoms with Gasteiger partial charge < -0.3 is 14.9 Å². The average molecular weight is 297 g/mol. The maximum absolute atomic E-state index is 11.3. The summed E-state index contributed by atoms with van der Waals surface area (Å²) in [4.78, 5) is 15.0. The first-order valence-corrected chi connectivity index (χ1v) is 7.17. The largest absolute Gasteiger partial charge is 0.465 e. The Hall–Kier alpha value is -1.56. The molecule has 1 amide bonds. The highest BCUT2D eigenvalue weighted by molar-refractivity contribution is 6.29. The van der Waals surface area contributed by atoms with Gasteiger partial charge in [-0.2, -0.15) is 0 Å². The van der Waals surface area contributed by atoms with Crippen molar-refractivity contribution in [2.24, 2.45) is 0 Å². The van der Waals surface area contributed by atoms with Crippen LogP contribution in [-0.2, 0) is 0 Å². The Morgan fingerprint density at radius 1 is 1.35 bits per heavy atom. The van der Waals surface area contributed by atoms with E-state index in [0.29, 0.717) is 11.2 Å². The molecule has 0 aliphatic carbocycles. The molecule has 3 rings (SSSR count). The first-order chi connectivity index (χ1) is 9.56. The molecule has 0 spiro atoms. The van der Waals surface area contributed by atoms with E-state index < -0.39 is 6.09 Å². The third-order valence-corrected chi connectivity index (χ3v) is 4.66. The number of carbonyl (C=O) groups is 1. The van der Waals surface area contributed by atoms with E-state index in [1.54, 1.807) is 11.0 Å². The third kappa shape index (κ3) is 2.28. The van der Waals surface area contributed by atoms with Crippen molar-refractivity contribution in [3.05, 3.63) is 17.3 Å². The van der Waals surface area contributed by atoms with Crippen molar-refractivity contribution < 1.29 is 9.90 Å². The number of piperidine rings is 1. The van der Waals surface area contributed by atoms with Gasteiger partial charge >= 0.3 is 6.09 Å². The van der Waals surface area contributed by atoms with Gasteiger partial charge in [-0.25, -0.2) is 4.79 Å². The average Bonchev–Trinajstić information content (AvgIpc) is 2.70. The predicted octanol–water partition coefficient (Wildman–Crippen LogP) is 2.24.